The molecular formula is C50H33N3S. The summed E-state index contributed by atoms with van der Waals surface area (Å²) < 4.78 is 0. The standard InChI is InChI=1S/C50H33N3S/c1-3-13-32(14-4-1)44-31-45(53-49(52-44)34-15-5-2-6-16-34)36-25-27-43-47(30-36)54-46-29-35(37-21-11-17-33-18-12-28-51-48(33)37)24-26-42(46)50(43)40-22-9-7-19-38(40)39-20-8-10-23-41(39)50/h1-5,7-15,17-31H,6,16H2. The molecule has 0 bridgehead atoms. The highest BCUT2D eigenvalue weighted by Gasteiger charge is 2.50. The summed E-state index contributed by atoms with van der Waals surface area (Å²) in [7, 11) is 0. The van der Waals surface area contributed by atoms with Gasteiger partial charge in [0.05, 0.1) is 22.3 Å². The molecule has 0 fully saturated rings. The summed E-state index contributed by atoms with van der Waals surface area (Å²) in [6.45, 7) is 0. The van der Waals surface area contributed by atoms with Gasteiger partial charge in [0.1, 0.15) is 0 Å². The molecule has 0 amide bonds. The van der Waals surface area contributed by atoms with E-state index in [2.05, 4.69) is 164 Å². The van der Waals surface area contributed by atoms with Crippen LogP contribution in [-0.4, -0.2) is 15.0 Å². The third kappa shape index (κ3) is 4.73. The molecule has 4 heteroatoms. The number of fused-ring (bicyclic) bond motifs is 10. The molecule has 54 heavy (non-hydrogen) atoms. The van der Waals surface area contributed by atoms with E-state index in [1.807, 2.05) is 24.0 Å². The molecule has 254 valence electrons. The van der Waals surface area contributed by atoms with E-state index in [1.54, 1.807) is 0 Å². The van der Waals surface area contributed by atoms with Crippen molar-refractivity contribution in [3.05, 3.63) is 204 Å². The number of hydrogen-bond acceptors (Lipinski definition) is 4. The summed E-state index contributed by atoms with van der Waals surface area (Å²) in [5, 5.41) is 1.14. The van der Waals surface area contributed by atoms with Gasteiger partial charge in [0.2, 0.25) is 0 Å². The van der Waals surface area contributed by atoms with Crippen molar-refractivity contribution in [1.29, 1.82) is 0 Å². The highest BCUT2D eigenvalue weighted by atomic mass is 32.2. The molecule has 8 aromatic rings. The molecule has 0 N–H and O–H groups in total. The van der Waals surface area contributed by atoms with E-state index in [9.17, 15) is 0 Å². The van der Waals surface area contributed by atoms with Crippen molar-refractivity contribution in [2.45, 2.75) is 28.0 Å². The van der Waals surface area contributed by atoms with Gasteiger partial charge in [-0.25, -0.2) is 9.97 Å². The molecule has 0 atom stereocenters. The van der Waals surface area contributed by atoms with Gasteiger partial charge < -0.3 is 0 Å². The minimum atomic E-state index is -0.470. The van der Waals surface area contributed by atoms with E-state index in [-0.39, 0.29) is 0 Å². The minimum absolute atomic E-state index is 0.470. The van der Waals surface area contributed by atoms with Gasteiger partial charge in [0.25, 0.3) is 0 Å². The lowest BCUT2D eigenvalue weighted by Gasteiger charge is -2.40. The molecule has 0 radical (unpaired) electrons. The van der Waals surface area contributed by atoms with Crippen LogP contribution in [0.25, 0.3) is 61.2 Å². The average Bonchev–Trinajstić information content (AvgIpc) is 3.54. The maximum absolute atomic E-state index is 5.26. The topological polar surface area (TPSA) is 38.7 Å². The van der Waals surface area contributed by atoms with Crippen molar-refractivity contribution in [2.24, 2.45) is 0 Å². The fraction of sp³-hybridized carbons (Fsp3) is 0.0600. The minimum Gasteiger partial charge on any atom is -0.256 e. The Morgan fingerprint density at radius 3 is 1.91 bits per heavy atom. The largest absolute Gasteiger partial charge is 0.256 e. The number of benzene rings is 6. The Morgan fingerprint density at radius 1 is 0.519 bits per heavy atom. The second-order valence-electron chi connectivity index (χ2n) is 14.2. The second kappa shape index (κ2) is 12.4. The first-order valence-electron chi connectivity index (χ1n) is 18.6. The first kappa shape index (κ1) is 31.2. The fourth-order valence-electron chi connectivity index (χ4n) is 8.86. The average molecular weight is 708 g/mol. The van der Waals surface area contributed by atoms with Gasteiger partial charge >= 0.3 is 0 Å². The van der Waals surface area contributed by atoms with Crippen LogP contribution in [0.5, 0.6) is 0 Å². The Labute approximate surface area is 318 Å². The molecule has 1 spiro atoms. The van der Waals surface area contributed by atoms with Crippen molar-refractivity contribution in [1.82, 2.24) is 15.0 Å². The molecule has 2 aromatic heterocycles. The van der Waals surface area contributed by atoms with Crippen molar-refractivity contribution in [2.75, 3.05) is 0 Å². The summed E-state index contributed by atoms with van der Waals surface area (Å²) in [6.07, 6.45) is 10.3. The van der Waals surface area contributed by atoms with E-state index in [0.717, 1.165) is 57.6 Å². The maximum Gasteiger partial charge on any atom is 0.156 e. The summed E-state index contributed by atoms with van der Waals surface area (Å²) in [5.41, 5.74) is 15.9. The van der Waals surface area contributed by atoms with Gasteiger partial charge in [-0.1, -0.05) is 157 Å². The van der Waals surface area contributed by atoms with Crippen molar-refractivity contribution < 1.29 is 0 Å². The molecule has 2 aliphatic carbocycles. The molecule has 0 saturated carbocycles. The van der Waals surface area contributed by atoms with Crippen LogP contribution >= 0.6 is 11.8 Å². The number of allylic oxidation sites excluding steroid dienone is 4. The zero-order valence-electron chi connectivity index (χ0n) is 29.4. The van der Waals surface area contributed by atoms with Crippen LogP contribution in [-0.2, 0) is 5.41 Å². The lowest BCUT2D eigenvalue weighted by atomic mass is 9.67. The van der Waals surface area contributed by atoms with E-state index in [0.29, 0.717) is 0 Å². The zero-order chi connectivity index (χ0) is 35.6. The van der Waals surface area contributed by atoms with Gasteiger partial charge in [0, 0.05) is 38.1 Å². The Bertz CT molecular complexity index is 2820. The van der Waals surface area contributed by atoms with Crippen molar-refractivity contribution in [3.8, 4) is 44.8 Å². The highest BCUT2D eigenvalue weighted by molar-refractivity contribution is 7.99. The Hall–Kier alpha value is -6.36. The van der Waals surface area contributed by atoms with Crippen LogP contribution in [0.3, 0.4) is 0 Å². The van der Waals surface area contributed by atoms with Crippen molar-refractivity contribution >= 4 is 28.2 Å². The normalized spacial score (nSPS) is 14.6. The molecule has 3 aliphatic rings. The van der Waals surface area contributed by atoms with Gasteiger partial charge in [-0.05, 0) is 81.6 Å². The number of nitrogens with zero attached hydrogens (tertiary/aromatic N) is 3. The molecule has 0 saturated heterocycles. The molecule has 6 aromatic carbocycles. The van der Waals surface area contributed by atoms with Crippen LogP contribution < -0.4 is 0 Å². The Balaban J connectivity index is 1.15. The quantitative estimate of drug-likeness (QED) is 0.183. The first-order valence-corrected chi connectivity index (χ1v) is 19.4. The predicted molar refractivity (Wildman–Crippen MR) is 221 cm³/mol. The monoisotopic (exact) mass is 707 g/mol. The number of hydrogen-bond donors (Lipinski definition) is 0. The van der Waals surface area contributed by atoms with Gasteiger partial charge in [-0.3, -0.25) is 4.98 Å². The lowest BCUT2D eigenvalue weighted by Crippen LogP contribution is -2.32. The second-order valence-corrected chi connectivity index (χ2v) is 15.3. The number of rotatable bonds is 4. The summed E-state index contributed by atoms with van der Waals surface area (Å²) in [5.74, 6) is 0.801. The molecular weight excluding hydrogens is 675 g/mol. The molecule has 3 heterocycles. The zero-order valence-corrected chi connectivity index (χ0v) is 30.2. The van der Waals surface area contributed by atoms with Crippen molar-refractivity contribution in [3.63, 3.8) is 0 Å². The lowest BCUT2D eigenvalue weighted by molar-refractivity contribution is 0.723. The number of aromatic nitrogens is 3. The SMILES string of the molecule is C1=CCCC(c2nc(-c3ccccc3)cc(-c3ccc4c(c3)Sc3cc(-c5cccc6cccnc56)ccc3C43c4ccccc4-c4ccccc43)n2)=C1. The van der Waals surface area contributed by atoms with E-state index >= 15 is 0 Å². The fourth-order valence-corrected chi connectivity index (χ4v) is 10.1. The third-order valence-electron chi connectivity index (χ3n) is 11.3. The Kier molecular flexibility index (Phi) is 7.14. The van der Waals surface area contributed by atoms with Crippen LogP contribution in [0.4, 0.5) is 0 Å². The highest BCUT2D eigenvalue weighted by Crippen LogP contribution is 2.62. The summed E-state index contributed by atoms with van der Waals surface area (Å²) in [6, 6.07) is 55.3. The van der Waals surface area contributed by atoms with Crippen LogP contribution in [0.15, 0.2) is 186 Å². The van der Waals surface area contributed by atoms with Crippen LogP contribution in [0.1, 0.15) is 40.9 Å². The number of para-hydroxylation sites is 1. The van der Waals surface area contributed by atoms with Gasteiger partial charge in [-0.2, -0.15) is 0 Å². The molecule has 3 nitrogen and oxygen atoms in total. The van der Waals surface area contributed by atoms with Gasteiger partial charge in [-0.15, -0.1) is 0 Å². The summed E-state index contributed by atoms with van der Waals surface area (Å²) in [4.78, 5) is 17.7. The van der Waals surface area contributed by atoms with Crippen LogP contribution in [0, 0.1) is 0 Å². The van der Waals surface area contributed by atoms with E-state index in [1.165, 1.54) is 54.3 Å². The van der Waals surface area contributed by atoms with Gasteiger partial charge in [0.15, 0.2) is 5.82 Å². The Morgan fingerprint density at radius 2 is 1.17 bits per heavy atom. The first-order chi connectivity index (χ1) is 26.8. The van der Waals surface area contributed by atoms with E-state index < -0.39 is 5.41 Å². The molecule has 11 rings (SSSR count). The smallest absolute Gasteiger partial charge is 0.156 e. The molecule has 0 unspecified atom stereocenters. The molecule has 1 aliphatic heterocycles. The van der Waals surface area contributed by atoms with Crippen LogP contribution in [0.2, 0.25) is 0 Å². The third-order valence-corrected chi connectivity index (χ3v) is 12.4. The summed E-state index contributed by atoms with van der Waals surface area (Å²) >= 11 is 1.86. The maximum atomic E-state index is 5.26. The predicted octanol–water partition coefficient (Wildman–Crippen LogP) is 12.6. The van der Waals surface area contributed by atoms with E-state index in [4.69, 9.17) is 15.0 Å². The number of pyridine rings is 1.